The van der Waals surface area contributed by atoms with Crippen LogP contribution in [0.25, 0.3) is 11.3 Å². The summed E-state index contributed by atoms with van der Waals surface area (Å²) in [5.41, 5.74) is 1.43. The van der Waals surface area contributed by atoms with Crippen LogP contribution in [0, 0.1) is 18.6 Å². The van der Waals surface area contributed by atoms with E-state index in [2.05, 4.69) is 4.98 Å². The van der Waals surface area contributed by atoms with E-state index in [1.807, 2.05) is 0 Å². The van der Waals surface area contributed by atoms with E-state index in [0.29, 0.717) is 16.8 Å². The minimum absolute atomic E-state index is 0.358. The van der Waals surface area contributed by atoms with Crippen molar-refractivity contribution in [2.75, 3.05) is 0 Å². The van der Waals surface area contributed by atoms with Crippen LogP contribution in [0.3, 0.4) is 0 Å². The van der Waals surface area contributed by atoms with E-state index in [9.17, 15) is 8.78 Å². The minimum atomic E-state index is -0.578. The topological polar surface area (TPSA) is 12.9 Å². The van der Waals surface area contributed by atoms with Crippen molar-refractivity contribution in [3.05, 3.63) is 53.7 Å². The summed E-state index contributed by atoms with van der Waals surface area (Å²) in [5.74, 6) is -1.14. The Morgan fingerprint density at radius 1 is 1.13 bits per heavy atom. The van der Waals surface area contributed by atoms with Crippen molar-refractivity contribution in [3.8, 4) is 11.3 Å². The van der Waals surface area contributed by atoms with Crippen LogP contribution in [-0.2, 0) is 0 Å². The first-order chi connectivity index (χ1) is 7.18. The lowest BCUT2D eigenvalue weighted by atomic mass is 10.0. The Bertz CT molecular complexity index is 457. The summed E-state index contributed by atoms with van der Waals surface area (Å²) in [6.07, 6.45) is 1.58. The van der Waals surface area contributed by atoms with Crippen LogP contribution in [0.1, 0.15) is 5.56 Å². The standard InChI is InChI=1S/C12H9F2N/c1-8-6-9(13)7-10(14)12(8)11-4-2-3-5-15-11/h2-7H,1H3. The molecule has 1 aromatic heterocycles. The van der Waals surface area contributed by atoms with Gasteiger partial charge in [0.15, 0.2) is 0 Å². The number of halogens is 2. The number of aromatic nitrogens is 1. The van der Waals surface area contributed by atoms with Crippen molar-refractivity contribution >= 4 is 0 Å². The van der Waals surface area contributed by atoms with Gasteiger partial charge < -0.3 is 0 Å². The van der Waals surface area contributed by atoms with Crippen LogP contribution >= 0.6 is 0 Å². The molecule has 3 heteroatoms. The van der Waals surface area contributed by atoms with Crippen molar-refractivity contribution in [1.82, 2.24) is 4.98 Å². The molecule has 0 unspecified atom stereocenters. The third kappa shape index (κ3) is 1.86. The molecule has 0 fully saturated rings. The zero-order valence-corrected chi connectivity index (χ0v) is 8.17. The van der Waals surface area contributed by atoms with Gasteiger partial charge in [-0.3, -0.25) is 4.98 Å². The van der Waals surface area contributed by atoms with Gasteiger partial charge in [0.2, 0.25) is 0 Å². The molecule has 0 spiro atoms. The summed E-state index contributed by atoms with van der Waals surface area (Å²) in [6, 6.07) is 7.39. The molecule has 0 aliphatic carbocycles. The monoisotopic (exact) mass is 205 g/mol. The highest BCUT2D eigenvalue weighted by atomic mass is 19.1. The van der Waals surface area contributed by atoms with Crippen molar-refractivity contribution in [3.63, 3.8) is 0 Å². The van der Waals surface area contributed by atoms with Crippen molar-refractivity contribution in [1.29, 1.82) is 0 Å². The van der Waals surface area contributed by atoms with E-state index in [4.69, 9.17) is 0 Å². The second-order valence-corrected chi connectivity index (χ2v) is 3.29. The molecule has 1 nitrogen and oxygen atoms in total. The average molecular weight is 205 g/mol. The maximum atomic E-state index is 13.5. The molecular formula is C12H9F2N. The van der Waals surface area contributed by atoms with E-state index in [1.54, 1.807) is 31.3 Å². The Hall–Kier alpha value is -1.77. The summed E-state index contributed by atoms with van der Waals surface area (Å²) in [5, 5.41) is 0. The summed E-state index contributed by atoms with van der Waals surface area (Å²) in [7, 11) is 0. The first-order valence-corrected chi connectivity index (χ1v) is 4.55. The highest BCUT2D eigenvalue weighted by Gasteiger charge is 2.10. The number of pyridine rings is 1. The fourth-order valence-electron chi connectivity index (χ4n) is 1.54. The number of hydrogen-bond donors (Lipinski definition) is 0. The van der Waals surface area contributed by atoms with E-state index in [0.717, 1.165) is 6.07 Å². The van der Waals surface area contributed by atoms with Gasteiger partial charge in [-0.25, -0.2) is 8.78 Å². The predicted octanol–water partition coefficient (Wildman–Crippen LogP) is 3.34. The van der Waals surface area contributed by atoms with Crippen LogP contribution in [0.15, 0.2) is 36.5 Å². The third-order valence-corrected chi connectivity index (χ3v) is 2.17. The maximum Gasteiger partial charge on any atom is 0.135 e. The van der Waals surface area contributed by atoms with Crippen LogP contribution in [0.5, 0.6) is 0 Å². The van der Waals surface area contributed by atoms with Crippen molar-refractivity contribution in [2.45, 2.75) is 6.92 Å². The Morgan fingerprint density at radius 3 is 2.53 bits per heavy atom. The molecule has 2 aromatic rings. The van der Waals surface area contributed by atoms with Crippen LogP contribution < -0.4 is 0 Å². The van der Waals surface area contributed by atoms with Gasteiger partial charge >= 0.3 is 0 Å². The molecule has 1 heterocycles. The molecular weight excluding hydrogens is 196 g/mol. The number of nitrogens with zero attached hydrogens (tertiary/aromatic N) is 1. The van der Waals surface area contributed by atoms with Crippen LogP contribution in [0.4, 0.5) is 8.78 Å². The Balaban J connectivity index is 2.64. The van der Waals surface area contributed by atoms with Crippen LogP contribution in [-0.4, -0.2) is 4.98 Å². The van der Waals surface area contributed by atoms with E-state index < -0.39 is 11.6 Å². The zero-order valence-electron chi connectivity index (χ0n) is 8.17. The zero-order chi connectivity index (χ0) is 10.8. The molecule has 0 saturated heterocycles. The first-order valence-electron chi connectivity index (χ1n) is 4.55. The number of hydrogen-bond acceptors (Lipinski definition) is 1. The maximum absolute atomic E-state index is 13.5. The van der Waals surface area contributed by atoms with Gasteiger partial charge in [0, 0.05) is 17.8 Å². The Kier molecular flexibility index (Phi) is 2.46. The van der Waals surface area contributed by atoms with Gasteiger partial charge in [-0.15, -0.1) is 0 Å². The van der Waals surface area contributed by atoms with Gasteiger partial charge in [-0.2, -0.15) is 0 Å². The van der Waals surface area contributed by atoms with Gasteiger partial charge in [0.1, 0.15) is 11.6 Å². The third-order valence-electron chi connectivity index (χ3n) is 2.17. The summed E-state index contributed by atoms with van der Waals surface area (Å²) in [6.45, 7) is 1.66. The number of rotatable bonds is 1. The van der Waals surface area contributed by atoms with E-state index >= 15 is 0 Å². The normalized spacial score (nSPS) is 10.3. The molecule has 2 rings (SSSR count). The van der Waals surface area contributed by atoms with Gasteiger partial charge in [-0.1, -0.05) is 6.07 Å². The Morgan fingerprint density at radius 2 is 1.93 bits per heavy atom. The molecule has 0 N–H and O–H groups in total. The minimum Gasteiger partial charge on any atom is -0.256 e. The molecule has 0 saturated carbocycles. The highest BCUT2D eigenvalue weighted by molar-refractivity contribution is 5.63. The van der Waals surface area contributed by atoms with Gasteiger partial charge in [0.05, 0.1) is 5.69 Å². The molecule has 0 bridgehead atoms. The predicted molar refractivity (Wildman–Crippen MR) is 54.3 cm³/mol. The molecule has 0 radical (unpaired) electrons. The fraction of sp³-hybridized carbons (Fsp3) is 0.0833. The second-order valence-electron chi connectivity index (χ2n) is 3.29. The van der Waals surface area contributed by atoms with Gasteiger partial charge in [0.25, 0.3) is 0 Å². The van der Waals surface area contributed by atoms with E-state index in [1.165, 1.54) is 6.07 Å². The average Bonchev–Trinajstić information content (AvgIpc) is 2.17. The molecule has 1 aromatic carbocycles. The van der Waals surface area contributed by atoms with Crippen LogP contribution in [0.2, 0.25) is 0 Å². The summed E-state index contributed by atoms with van der Waals surface area (Å²) >= 11 is 0. The smallest absolute Gasteiger partial charge is 0.135 e. The Labute approximate surface area is 86.4 Å². The van der Waals surface area contributed by atoms with Crippen molar-refractivity contribution in [2.24, 2.45) is 0 Å². The van der Waals surface area contributed by atoms with E-state index in [-0.39, 0.29) is 0 Å². The fourth-order valence-corrected chi connectivity index (χ4v) is 1.54. The molecule has 0 aliphatic rings. The molecule has 15 heavy (non-hydrogen) atoms. The van der Waals surface area contributed by atoms with Crippen molar-refractivity contribution < 1.29 is 8.78 Å². The lowest BCUT2D eigenvalue weighted by molar-refractivity contribution is 0.583. The van der Waals surface area contributed by atoms with Gasteiger partial charge in [-0.05, 0) is 30.7 Å². The largest absolute Gasteiger partial charge is 0.256 e. The molecule has 0 atom stereocenters. The molecule has 0 amide bonds. The quantitative estimate of drug-likeness (QED) is 0.695. The molecule has 0 aliphatic heterocycles. The second kappa shape index (κ2) is 3.77. The highest BCUT2D eigenvalue weighted by Crippen LogP contribution is 2.25. The lowest BCUT2D eigenvalue weighted by Crippen LogP contribution is -1.92. The number of benzene rings is 1. The first kappa shape index (κ1) is 9.77. The lowest BCUT2D eigenvalue weighted by Gasteiger charge is -2.06. The SMILES string of the molecule is Cc1cc(F)cc(F)c1-c1ccccn1. The summed E-state index contributed by atoms with van der Waals surface area (Å²) in [4.78, 5) is 4.04. The number of aryl methyl sites for hydroxylation is 1. The molecule has 76 valence electrons. The summed E-state index contributed by atoms with van der Waals surface area (Å²) < 4.78 is 26.4.